The Balaban J connectivity index is 1.73. The molecule has 1 aliphatic heterocycles. The third-order valence-corrected chi connectivity index (χ3v) is 9.03. The predicted octanol–water partition coefficient (Wildman–Crippen LogP) is 3.22. The van der Waals surface area contributed by atoms with Crippen molar-refractivity contribution in [2.75, 3.05) is 20.2 Å². The number of benzene rings is 2. The van der Waals surface area contributed by atoms with E-state index in [-0.39, 0.29) is 28.1 Å². The van der Waals surface area contributed by atoms with E-state index in [1.165, 1.54) is 11.4 Å². The highest BCUT2D eigenvalue weighted by molar-refractivity contribution is 7.89. The van der Waals surface area contributed by atoms with Gasteiger partial charge in [0.2, 0.25) is 20.0 Å². The molecule has 0 radical (unpaired) electrons. The topological polar surface area (TPSA) is 92.8 Å². The molecule has 2 aromatic carbocycles. The van der Waals surface area contributed by atoms with Crippen molar-refractivity contribution in [3.63, 3.8) is 0 Å². The van der Waals surface area contributed by atoms with Crippen molar-refractivity contribution in [2.45, 2.75) is 55.4 Å². The molecule has 1 atom stereocenters. The van der Waals surface area contributed by atoms with Crippen LogP contribution in [-0.4, -0.2) is 47.4 Å². The highest BCUT2D eigenvalue weighted by Gasteiger charge is 2.33. The summed E-state index contributed by atoms with van der Waals surface area (Å²) in [5.41, 5.74) is 1.80. The molecule has 0 aromatic heterocycles. The monoisotopic (exact) mass is 466 g/mol. The van der Waals surface area contributed by atoms with Gasteiger partial charge in [0.15, 0.2) is 0 Å². The van der Waals surface area contributed by atoms with E-state index < -0.39 is 20.0 Å². The molecule has 0 saturated carbocycles. The second-order valence-electron chi connectivity index (χ2n) is 7.92. The SMILES string of the molecule is COc1ccc(C)cc1S(=O)(=O)NCCC1CCCCN1S(=O)(=O)c1ccc(C)cc1. The van der Waals surface area contributed by atoms with Crippen molar-refractivity contribution in [1.29, 1.82) is 0 Å². The first-order valence-electron chi connectivity index (χ1n) is 10.4. The van der Waals surface area contributed by atoms with E-state index in [1.54, 1.807) is 42.5 Å². The minimum Gasteiger partial charge on any atom is -0.495 e. The Morgan fingerprint density at radius 2 is 1.68 bits per heavy atom. The molecule has 31 heavy (non-hydrogen) atoms. The first kappa shape index (κ1) is 23.7. The van der Waals surface area contributed by atoms with Gasteiger partial charge in [-0.05, 0) is 62.9 Å². The van der Waals surface area contributed by atoms with Gasteiger partial charge in [-0.2, -0.15) is 4.31 Å². The normalized spacial score (nSPS) is 18.1. The molecule has 2 aromatic rings. The summed E-state index contributed by atoms with van der Waals surface area (Å²) >= 11 is 0. The van der Waals surface area contributed by atoms with Gasteiger partial charge in [0, 0.05) is 19.1 Å². The largest absolute Gasteiger partial charge is 0.495 e. The highest BCUT2D eigenvalue weighted by Crippen LogP contribution is 2.28. The first-order valence-corrected chi connectivity index (χ1v) is 13.3. The van der Waals surface area contributed by atoms with Crippen molar-refractivity contribution in [1.82, 2.24) is 9.03 Å². The van der Waals surface area contributed by atoms with Gasteiger partial charge in [-0.1, -0.05) is 30.2 Å². The lowest BCUT2D eigenvalue weighted by atomic mass is 10.0. The summed E-state index contributed by atoms with van der Waals surface area (Å²) in [6.45, 7) is 4.31. The standard InChI is InChI=1S/C22H30N2O5S2/c1-17-7-10-20(11-8-17)31(27,28)24-15-5-4-6-19(24)13-14-23-30(25,26)22-16-18(2)9-12-21(22)29-3/h7-12,16,19,23H,4-6,13-15H2,1-3H3. The fourth-order valence-electron chi connectivity index (χ4n) is 3.86. The van der Waals surface area contributed by atoms with Gasteiger partial charge in [0.1, 0.15) is 10.6 Å². The van der Waals surface area contributed by atoms with Crippen LogP contribution in [0.4, 0.5) is 0 Å². The van der Waals surface area contributed by atoms with Crippen LogP contribution in [-0.2, 0) is 20.0 Å². The molecule has 9 heteroatoms. The Hall–Kier alpha value is -1.94. The maximum Gasteiger partial charge on any atom is 0.244 e. The van der Waals surface area contributed by atoms with Crippen LogP contribution in [0, 0.1) is 13.8 Å². The fourth-order valence-corrected chi connectivity index (χ4v) is 6.88. The summed E-state index contributed by atoms with van der Waals surface area (Å²) < 4.78 is 61.3. The van der Waals surface area contributed by atoms with Crippen molar-refractivity contribution in [3.05, 3.63) is 53.6 Å². The Bertz CT molecular complexity index is 1110. The van der Waals surface area contributed by atoms with Crippen LogP contribution >= 0.6 is 0 Å². The molecular formula is C22H30N2O5S2. The summed E-state index contributed by atoms with van der Waals surface area (Å²) in [7, 11) is -5.98. The Kier molecular flexibility index (Phi) is 7.41. The average Bonchev–Trinajstić information content (AvgIpc) is 2.74. The predicted molar refractivity (Wildman–Crippen MR) is 120 cm³/mol. The van der Waals surface area contributed by atoms with Gasteiger partial charge >= 0.3 is 0 Å². The number of nitrogens with zero attached hydrogens (tertiary/aromatic N) is 1. The van der Waals surface area contributed by atoms with E-state index >= 15 is 0 Å². The zero-order valence-electron chi connectivity index (χ0n) is 18.2. The van der Waals surface area contributed by atoms with E-state index in [0.717, 1.165) is 24.0 Å². The molecule has 1 fully saturated rings. The second kappa shape index (κ2) is 9.68. The van der Waals surface area contributed by atoms with E-state index in [2.05, 4.69) is 4.72 Å². The van der Waals surface area contributed by atoms with Crippen LogP contribution in [0.25, 0.3) is 0 Å². The van der Waals surface area contributed by atoms with Crippen LogP contribution in [0.5, 0.6) is 5.75 Å². The van der Waals surface area contributed by atoms with Gasteiger partial charge in [0.25, 0.3) is 0 Å². The third kappa shape index (κ3) is 5.46. The molecule has 170 valence electrons. The number of piperidine rings is 1. The molecule has 0 amide bonds. The van der Waals surface area contributed by atoms with Crippen LogP contribution in [0.2, 0.25) is 0 Å². The van der Waals surface area contributed by atoms with Crippen LogP contribution in [0.15, 0.2) is 52.3 Å². The second-order valence-corrected chi connectivity index (χ2v) is 11.5. The number of methoxy groups -OCH3 is 1. The lowest BCUT2D eigenvalue weighted by molar-refractivity contribution is 0.242. The third-order valence-electron chi connectivity index (χ3n) is 5.58. The first-order chi connectivity index (χ1) is 14.6. The fraction of sp³-hybridized carbons (Fsp3) is 0.455. The summed E-state index contributed by atoms with van der Waals surface area (Å²) in [4.78, 5) is 0.359. The molecule has 0 bridgehead atoms. The molecule has 1 heterocycles. The Morgan fingerprint density at radius 3 is 2.35 bits per heavy atom. The highest BCUT2D eigenvalue weighted by atomic mass is 32.2. The number of nitrogens with one attached hydrogen (secondary N) is 1. The number of aryl methyl sites for hydroxylation is 2. The molecule has 3 rings (SSSR count). The van der Waals surface area contributed by atoms with Gasteiger partial charge in [-0.25, -0.2) is 21.6 Å². The zero-order valence-corrected chi connectivity index (χ0v) is 19.8. The minimum absolute atomic E-state index is 0.0859. The van der Waals surface area contributed by atoms with Gasteiger partial charge in [0.05, 0.1) is 12.0 Å². The quantitative estimate of drug-likeness (QED) is 0.645. The number of sulfonamides is 2. The van der Waals surface area contributed by atoms with E-state index in [1.807, 2.05) is 13.8 Å². The van der Waals surface area contributed by atoms with Gasteiger partial charge in [-0.15, -0.1) is 0 Å². The molecule has 1 aliphatic rings. The van der Waals surface area contributed by atoms with Crippen molar-refractivity contribution in [3.8, 4) is 5.75 Å². The van der Waals surface area contributed by atoms with Crippen LogP contribution < -0.4 is 9.46 Å². The van der Waals surface area contributed by atoms with Crippen molar-refractivity contribution in [2.24, 2.45) is 0 Å². The summed E-state index contributed by atoms with van der Waals surface area (Å²) in [6, 6.07) is 11.6. The summed E-state index contributed by atoms with van der Waals surface area (Å²) in [5.74, 6) is 0.277. The van der Waals surface area contributed by atoms with Gasteiger partial charge in [-0.3, -0.25) is 0 Å². The molecule has 1 saturated heterocycles. The van der Waals surface area contributed by atoms with E-state index in [9.17, 15) is 16.8 Å². The number of rotatable bonds is 8. The van der Waals surface area contributed by atoms with Crippen molar-refractivity contribution >= 4 is 20.0 Å². The molecule has 7 nitrogen and oxygen atoms in total. The van der Waals surface area contributed by atoms with Crippen LogP contribution in [0.1, 0.15) is 36.8 Å². The lowest BCUT2D eigenvalue weighted by Gasteiger charge is -2.34. The number of ether oxygens (including phenoxy) is 1. The summed E-state index contributed by atoms with van der Waals surface area (Å²) in [6.07, 6.45) is 2.83. The smallest absolute Gasteiger partial charge is 0.244 e. The Labute approximate surface area is 185 Å². The molecule has 0 spiro atoms. The Morgan fingerprint density at radius 1 is 1.00 bits per heavy atom. The number of hydrogen-bond donors (Lipinski definition) is 1. The maximum absolute atomic E-state index is 13.2. The number of hydrogen-bond acceptors (Lipinski definition) is 5. The molecule has 1 N–H and O–H groups in total. The molecule has 0 aliphatic carbocycles. The molecular weight excluding hydrogens is 436 g/mol. The van der Waals surface area contributed by atoms with Gasteiger partial charge < -0.3 is 4.74 Å². The maximum atomic E-state index is 13.2. The molecule has 1 unspecified atom stereocenters. The summed E-state index contributed by atoms with van der Waals surface area (Å²) in [5, 5.41) is 0. The van der Waals surface area contributed by atoms with E-state index in [0.29, 0.717) is 19.4 Å². The van der Waals surface area contributed by atoms with Crippen LogP contribution in [0.3, 0.4) is 0 Å². The zero-order chi connectivity index (χ0) is 22.6. The minimum atomic E-state index is -3.78. The van der Waals surface area contributed by atoms with Crippen molar-refractivity contribution < 1.29 is 21.6 Å². The van der Waals surface area contributed by atoms with E-state index in [4.69, 9.17) is 4.74 Å². The lowest BCUT2D eigenvalue weighted by Crippen LogP contribution is -2.45. The average molecular weight is 467 g/mol.